The normalized spacial score (nSPS) is 14.0. The fourth-order valence-corrected chi connectivity index (χ4v) is 5.40. The zero-order valence-corrected chi connectivity index (χ0v) is 26.5. The lowest BCUT2D eigenvalue weighted by molar-refractivity contribution is -0.122. The Bertz CT molecular complexity index is 776. The van der Waals surface area contributed by atoms with Crippen LogP contribution in [0.4, 0.5) is 0 Å². The van der Waals surface area contributed by atoms with Crippen LogP contribution in [0, 0.1) is 0 Å². The summed E-state index contributed by atoms with van der Waals surface area (Å²) < 4.78 is 32.2. The number of amides is 1. The Kier molecular flexibility index (Phi) is 26.7. The molecule has 2 atom stereocenters. The van der Waals surface area contributed by atoms with Gasteiger partial charge in [0.25, 0.3) is 10.1 Å². The van der Waals surface area contributed by atoms with E-state index in [-0.39, 0.29) is 12.3 Å². The van der Waals surface area contributed by atoms with E-state index in [1.165, 1.54) is 83.1 Å². The smallest absolute Gasteiger partial charge is 0.267 e. The largest absolute Gasteiger partial charge is 0.387 e. The maximum atomic E-state index is 12.4. The Labute approximate surface area is 246 Å². The molecular weight excluding hydrogens is 522 g/mol. The highest BCUT2D eigenvalue weighted by Crippen LogP contribution is 2.14. The van der Waals surface area contributed by atoms with Gasteiger partial charge in [0.1, 0.15) is 0 Å². The SMILES string of the molecule is CC/C=C/CC/C=C/CC/C=C/C(O)C(CS(=O)(=O)O)NC(=O)CCCCCCCCCCCCCCCCC. The lowest BCUT2D eigenvalue weighted by atomic mass is 10.0. The van der Waals surface area contributed by atoms with E-state index in [0.717, 1.165) is 44.9 Å². The van der Waals surface area contributed by atoms with Crippen molar-refractivity contribution >= 4 is 16.0 Å². The van der Waals surface area contributed by atoms with Crippen LogP contribution in [0.1, 0.15) is 149 Å². The van der Waals surface area contributed by atoms with Crippen molar-refractivity contribution in [3.63, 3.8) is 0 Å². The second-order valence-corrected chi connectivity index (χ2v) is 12.5. The fraction of sp³-hybridized carbons (Fsp3) is 0.788. The van der Waals surface area contributed by atoms with Gasteiger partial charge in [-0.2, -0.15) is 8.42 Å². The van der Waals surface area contributed by atoms with Gasteiger partial charge in [0.15, 0.2) is 0 Å². The summed E-state index contributed by atoms with van der Waals surface area (Å²) in [5, 5.41) is 13.1. The molecule has 0 saturated carbocycles. The van der Waals surface area contributed by atoms with E-state index in [2.05, 4.69) is 43.5 Å². The molecule has 2 unspecified atom stereocenters. The van der Waals surface area contributed by atoms with E-state index in [0.29, 0.717) is 6.42 Å². The molecule has 1 amide bonds. The van der Waals surface area contributed by atoms with E-state index in [1.807, 2.05) is 0 Å². The van der Waals surface area contributed by atoms with Gasteiger partial charge >= 0.3 is 0 Å². The molecule has 0 saturated heterocycles. The first kappa shape index (κ1) is 38.6. The Morgan fingerprint density at radius 2 is 1.10 bits per heavy atom. The van der Waals surface area contributed by atoms with Gasteiger partial charge in [-0.3, -0.25) is 9.35 Å². The van der Waals surface area contributed by atoms with E-state index in [1.54, 1.807) is 6.08 Å². The predicted octanol–water partition coefficient (Wildman–Crippen LogP) is 8.62. The third-order valence-electron chi connectivity index (χ3n) is 7.06. The fourth-order valence-electron chi connectivity index (χ4n) is 4.66. The Hall–Kier alpha value is -1.44. The average Bonchev–Trinajstić information content (AvgIpc) is 2.90. The summed E-state index contributed by atoms with van der Waals surface area (Å²) in [5.74, 6) is -1.01. The van der Waals surface area contributed by atoms with Crippen molar-refractivity contribution in [2.75, 3.05) is 5.75 Å². The summed E-state index contributed by atoms with van der Waals surface area (Å²) in [7, 11) is -4.34. The predicted molar refractivity (Wildman–Crippen MR) is 170 cm³/mol. The lowest BCUT2D eigenvalue weighted by Crippen LogP contribution is -2.46. The monoisotopic (exact) mass is 583 g/mol. The highest BCUT2D eigenvalue weighted by atomic mass is 32.2. The Morgan fingerprint density at radius 3 is 1.55 bits per heavy atom. The second-order valence-electron chi connectivity index (χ2n) is 11.0. The first-order chi connectivity index (χ1) is 19.3. The number of aliphatic hydroxyl groups is 1. The third kappa shape index (κ3) is 28.1. The molecule has 0 radical (unpaired) electrons. The molecule has 0 heterocycles. The van der Waals surface area contributed by atoms with Crippen molar-refractivity contribution in [2.45, 2.75) is 161 Å². The molecule has 0 aromatic carbocycles. The van der Waals surface area contributed by atoms with Crippen molar-refractivity contribution in [1.29, 1.82) is 0 Å². The maximum Gasteiger partial charge on any atom is 0.267 e. The number of hydrogen-bond donors (Lipinski definition) is 3. The molecule has 0 aromatic heterocycles. The summed E-state index contributed by atoms with van der Waals surface area (Å²) in [6.07, 6.45) is 34.2. The molecule has 0 spiro atoms. The first-order valence-electron chi connectivity index (χ1n) is 16.2. The zero-order chi connectivity index (χ0) is 29.7. The van der Waals surface area contributed by atoms with Gasteiger partial charge in [-0.1, -0.05) is 140 Å². The number of unbranched alkanes of at least 4 members (excludes halogenated alkanes) is 16. The molecular formula is C33H61NO5S. The van der Waals surface area contributed by atoms with Gasteiger partial charge in [0.05, 0.1) is 17.9 Å². The van der Waals surface area contributed by atoms with Crippen LogP contribution in [0.2, 0.25) is 0 Å². The van der Waals surface area contributed by atoms with Crippen molar-refractivity contribution in [2.24, 2.45) is 0 Å². The van der Waals surface area contributed by atoms with Gasteiger partial charge in [-0.15, -0.1) is 0 Å². The summed E-state index contributed by atoms with van der Waals surface area (Å²) >= 11 is 0. The summed E-state index contributed by atoms with van der Waals surface area (Å²) in [5.41, 5.74) is 0. The van der Waals surface area contributed by atoms with Crippen molar-refractivity contribution < 1.29 is 22.9 Å². The van der Waals surface area contributed by atoms with E-state index in [9.17, 15) is 22.9 Å². The Morgan fingerprint density at radius 1 is 0.675 bits per heavy atom. The standard InChI is InChI=1S/C33H61NO5S/c1-3-5-7-9-11-13-15-16-17-18-19-21-23-25-27-29-33(36)34-31(30-40(37,38)39)32(35)28-26-24-22-20-14-12-10-8-6-4-2/h6,8,14,20,26,28,31-32,35H,3-5,7,9-13,15-19,21-25,27,29-30H2,1-2H3,(H,34,36)(H,37,38,39)/b8-6+,20-14+,28-26+. The van der Waals surface area contributed by atoms with Crippen molar-refractivity contribution in [1.82, 2.24) is 5.32 Å². The molecule has 0 aromatic rings. The molecule has 0 rings (SSSR count). The highest BCUT2D eigenvalue weighted by Gasteiger charge is 2.24. The first-order valence-corrected chi connectivity index (χ1v) is 17.8. The number of nitrogens with one attached hydrogen (secondary N) is 1. The van der Waals surface area contributed by atoms with Crippen LogP contribution in [-0.2, 0) is 14.9 Å². The topological polar surface area (TPSA) is 104 Å². The molecule has 0 aliphatic carbocycles. The van der Waals surface area contributed by atoms with Crippen LogP contribution < -0.4 is 5.32 Å². The summed E-state index contributed by atoms with van der Waals surface area (Å²) in [6, 6.07) is -1.07. The average molecular weight is 584 g/mol. The van der Waals surface area contributed by atoms with Gasteiger partial charge in [0.2, 0.25) is 5.91 Å². The van der Waals surface area contributed by atoms with E-state index >= 15 is 0 Å². The second kappa shape index (κ2) is 27.7. The minimum absolute atomic E-state index is 0.287. The lowest BCUT2D eigenvalue weighted by Gasteiger charge is -2.21. The van der Waals surface area contributed by atoms with Gasteiger partial charge in [-0.05, 0) is 38.5 Å². The maximum absolute atomic E-state index is 12.4. The molecule has 0 aliphatic heterocycles. The van der Waals surface area contributed by atoms with E-state index < -0.39 is 28.0 Å². The Balaban J connectivity index is 4.05. The number of rotatable bonds is 28. The van der Waals surface area contributed by atoms with Crippen molar-refractivity contribution in [3.05, 3.63) is 36.5 Å². The third-order valence-corrected chi connectivity index (χ3v) is 7.84. The molecule has 40 heavy (non-hydrogen) atoms. The molecule has 3 N–H and O–H groups in total. The summed E-state index contributed by atoms with van der Waals surface area (Å²) in [4.78, 5) is 12.4. The van der Waals surface area contributed by atoms with Crippen LogP contribution in [0.25, 0.3) is 0 Å². The quantitative estimate of drug-likeness (QED) is 0.0486. The zero-order valence-electron chi connectivity index (χ0n) is 25.7. The number of hydrogen-bond acceptors (Lipinski definition) is 4. The van der Waals surface area contributed by atoms with Crippen LogP contribution in [0.5, 0.6) is 0 Å². The van der Waals surface area contributed by atoms with Crippen LogP contribution in [0.3, 0.4) is 0 Å². The molecule has 0 fully saturated rings. The van der Waals surface area contributed by atoms with E-state index in [4.69, 9.17) is 0 Å². The highest BCUT2D eigenvalue weighted by molar-refractivity contribution is 7.85. The molecule has 234 valence electrons. The molecule has 6 nitrogen and oxygen atoms in total. The molecule has 7 heteroatoms. The number of carbonyl (C=O) groups excluding carboxylic acids is 1. The van der Waals surface area contributed by atoms with Gasteiger partial charge in [-0.25, -0.2) is 0 Å². The number of carbonyl (C=O) groups is 1. The van der Waals surface area contributed by atoms with Gasteiger partial charge < -0.3 is 10.4 Å². The molecule has 0 aliphatic rings. The summed E-state index contributed by atoms with van der Waals surface area (Å²) in [6.45, 7) is 4.37. The minimum atomic E-state index is -4.34. The number of allylic oxidation sites excluding steroid dienone is 5. The number of aliphatic hydroxyl groups excluding tert-OH is 1. The van der Waals surface area contributed by atoms with Crippen LogP contribution in [0.15, 0.2) is 36.5 Å². The molecule has 0 bridgehead atoms. The van der Waals surface area contributed by atoms with Crippen LogP contribution in [-0.4, -0.2) is 41.9 Å². The van der Waals surface area contributed by atoms with Gasteiger partial charge in [0, 0.05) is 6.42 Å². The minimum Gasteiger partial charge on any atom is -0.387 e. The van der Waals surface area contributed by atoms with Crippen LogP contribution >= 0.6 is 0 Å². The van der Waals surface area contributed by atoms with Crippen molar-refractivity contribution in [3.8, 4) is 0 Å².